The highest BCUT2D eigenvalue weighted by Crippen LogP contribution is 2.46. The molecule has 0 spiro atoms. The minimum atomic E-state index is -4.94. The van der Waals surface area contributed by atoms with Crippen LogP contribution in [0.2, 0.25) is 0 Å². The standard InChI is InChI=1S/C71H29F3N12/c72-71(73,74)54-24-44(34-79)23-49(25-54)59-17-18-65(85-66-26-45(55-9-1-40(30-75)19-50(55)35-80)5-13-60(66)61-14-6-46(27-67(61)85)56-10-2-41(31-76)20-51(56)36-81)64(39-84)70(59)86-68-28-47(57-11-3-42(32-77)21-52(57)37-82)7-15-62(68)63-16-8-48(29-69(63)86)58-12-4-43(33-78)22-53(58)38-83/h1-29H. The summed E-state index contributed by atoms with van der Waals surface area (Å²) in [6.07, 6.45) is -4.94. The molecule has 12 aromatic rings. The highest BCUT2D eigenvalue weighted by Gasteiger charge is 2.33. The zero-order valence-corrected chi connectivity index (χ0v) is 44.2. The zero-order chi connectivity index (χ0) is 60.1. The van der Waals surface area contributed by atoms with Gasteiger partial charge in [-0.05, 0) is 147 Å². The number of hydrogen-bond donors (Lipinski definition) is 0. The van der Waals surface area contributed by atoms with Gasteiger partial charge in [-0.2, -0.15) is 65.8 Å². The minimum Gasteiger partial charge on any atom is -0.308 e. The Labute approximate surface area is 487 Å². The molecule has 0 bridgehead atoms. The monoisotopic (exact) mass is 1110 g/mol. The van der Waals surface area contributed by atoms with Crippen LogP contribution in [-0.2, 0) is 6.18 Å². The molecule has 394 valence electrons. The quantitative estimate of drug-likeness (QED) is 0.146. The van der Waals surface area contributed by atoms with E-state index in [9.17, 15) is 52.6 Å². The Hall–Kier alpha value is -13.5. The topological polar surface area (TPSA) is 248 Å². The number of hydrogen-bond acceptors (Lipinski definition) is 10. The number of fused-ring (bicyclic) bond motifs is 6. The molecule has 86 heavy (non-hydrogen) atoms. The van der Waals surface area contributed by atoms with Crippen LogP contribution in [0.4, 0.5) is 13.2 Å². The van der Waals surface area contributed by atoms with Crippen LogP contribution in [0.5, 0.6) is 0 Å². The van der Waals surface area contributed by atoms with Crippen molar-refractivity contribution in [3.63, 3.8) is 0 Å². The van der Waals surface area contributed by atoms with E-state index in [-0.39, 0.29) is 78.1 Å². The molecule has 0 aliphatic heterocycles. The second-order valence-electron chi connectivity index (χ2n) is 19.9. The summed E-state index contributed by atoms with van der Waals surface area (Å²) in [5.41, 5.74) is 6.11. The van der Waals surface area contributed by atoms with E-state index in [4.69, 9.17) is 0 Å². The van der Waals surface area contributed by atoms with Gasteiger partial charge in [0.25, 0.3) is 0 Å². The van der Waals surface area contributed by atoms with Gasteiger partial charge in [-0.3, -0.25) is 0 Å². The molecule has 0 unspecified atom stereocenters. The minimum absolute atomic E-state index is 0.0446. The first-order valence-electron chi connectivity index (χ1n) is 25.9. The highest BCUT2D eigenvalue weighted by molar-refractivity contribution is 6.14. The number of nitriles is 10. The molecule has 0 amide bonds. The summed E-state index contributed by atoms with van der Waals surface area (Å²) in [4.78, 5) is 0. The van der Waals surface area contributed by atoms with Crippen LogP contribution in [0.15, 0.2) is 176 Å². The number of alkyl halides is 3. The van der Waals surface area contributed by atoms with Gasteiger partial charge in [0.1, 0.15) is 11.6 Å². The molecule has 15 heteroatoms. The Morgan fingerprint density at radius 2 is 0.616 bits per heavy atom. The fraction of sp³-hybridized carbons (Fsp3) is 0.0141. The molecule has 2 heterocycles. The first-order valence-corrected chi connectivity index (χ1v) is 25.9. The number of aromatic nitrogens is 2. The predicted molar refractivity (Wildman–Crippen MR) is 314 cm³/mol. The molecular weight excluding hydrogens is 1080 g/mol. The average Bonchev–Trinajstić information content (AvgIpc) is 2.71. The van der Waals surface area contributed by atoms with E-state index >= 15 is 13.2 Å². The van der Waals surface area contributed by atoms with Gasteiger partial charge in [0.2, 0.25) is 0 Å². The van der Waals surface area contributed by atoms with Crippen molar-refractivity contribution in [1.29, 1.82) is 52.6 Å². The number of benzene rings is 10. The predicted octanol–water partition coefficient (Wildman–Crippen LogP) is 16.0. The Morgan fingerprint density at radius 1 is 0.279 bits per heavy atom. The fourth-order valence-corrected chi connectivity index (χ4v) is 11.4. The maximum Gasteiger partial charge on any atom is 0.416 e. The van der Waals surface area contributed by atoms with Crippen molar-refractivity contribution in [3.05, 3.63) is 237 Å². The lowest BCUT2D eigenvalue weighted by atomic mass is 9.94. The van der Waals surface area contributed by atoms with E-state index in [1.54, 1.807) is 89.5 Å². The lowest BCUT2D eigenvalue weighted by Crippen LogP contribution is -2.08. The van der Waals surface area contributed by atoms with Gasteiger partial charge < -0.3 is 9.13 Å². The summed E-state index contributed by atoms with van der Waals surface area (Å²) >= 11 is 0. The third-order valence-electron chi connectivity index (χ3n) is 15.3. The van der Waals surface area contributed by atoms with E-state index in [1.165, 1.54) is 30.3 Å². The van der Waals surface area contributed by atoms with Crippen LogP contribution in [0.1, 0.15) is 61.2 Å². The lowest BCUT2D eigenvalue weighted by molar-refractivity contribution is -0.137. The van der Waals surface area contributed by atoms with Gasteiger partial charge in [0.05, 0.1) is 144 Å². The summed E-state index contributed by atoms with van der Waals surface area (Å²) in [6, 6.07) is 68.0. The molecule has 10 aromatic carbocycles. The molecule has 0 radical (unpaired) electrons. The van der Waals surface area contributed by atoms with Crippen LogP contribution in [0.25, 0.3) is 111 Å². The second kappa shape index (κ2) is 20.9. The van der Waals surface area contributed by atoms with E-state index < -0.39 is 11.7 Å². The SMILES string of the molecule is N#Cc1cc(-c2ccc(-n3c4cc(-c5ccc(C#N)cc5C#N)ccc4c4ccc(-c5ccc(C#N)cc5C#N)cc43)c(C#N)c2-n2c3cc(-c4ccc(C#N)cc4C#N)ccc3c3ccc(-c4ccc(C#N)cc4C#N)cc32)cc(C(F)(F)F)c1. The van der Waals surface area contributed by atoms with E-state index in [1.807, 2.05) is 59.2 Å². The van der Waals surface area contributed by atoms with Crippen molar-refractivity contribution in [1.82, 2.24) is 9.13 Å². The van der Waals surface area contributed by atoms with Crippen molar-refractivity contribution in [2.45, 2.75) is 6.18 Å². The summed E-state index contributed by atoms with van der Waals surface area (Å²) in [6.45, 7) is 0. The van der Waals surface area contributed by atoms with Gasteiger partial charge in [-0.15, -0.1) is 0 Å². The third kappa shape index (κ3) is 8.73. The van der Waals surface area contributed by atoms with E-state index in [0.29, 0.717) is 88.1 Å². The highest BCUT2D eigenvalue weighted by atomic mass is 19.4. The summed E-state index contributed by atoms with van der Waals surface area (Å²) in [5, 5.41) is 106. The zero-order valence-electron chi connectivity index (χ0n) is 44.2. The fourth-order valence-electron chi connectivity index (χ4n) is 11.4. The molecule has 0 aliphatic rings. The summed E-state index contributed by atoms with van der Waals surface area (Å²) in [5.74, 6) is 0. The molecule has 0 saturated carbocycles. The normalized spacial score (nSPS) is 10.8. The first-order chi connectivity index (χ1) is 41.8. The summed E-state index contributed by atoms with van der Waals surface area (Å²) in [7, 11) is 0. The van der Waals surface area contributed by atoms with Gasteiger partial charge in [-0.25, -0.2) is 0 Å². The molecule has 0 N–H and O–H groups in total. The van der Waals surface area contributed by atoms with E-state index in [2.05, 4.69) is 54.6 Å². The van der Waals surface area contributed by atoms with Crippen molar-refractivity contribution in [2.75, 3.05) is 0 Å². The van der Waals surface area contributed by atoms with Gasteiger partial charge in [0.15, 0.2) is 0 Å². The second-order valence-corrected chi connectivity index (χ2v) is 19.9. The number of rotatable bonds is 7. The Balaban J connectivity index is 1.27. The molecule has 2 aromatic heterocycles. The largest absolute Gasteiger partial charge is 0.416 e. The third-order valence-corrected chi connectivity index (χ3v) is 15.3. The number of halogens is 3. The van der Waals surface area contributed by atoms with Crippen LogP contribution in [-0.4, -0.2) is 9.13 Å². The van der Waals surface area contributed by atoms with Gasteiger partial charge >= 0.3 is 6.18 Å². The maximum atomic E-state index is 15.1. The van der Waals surface area contributed by atoms with Gasteiger partial charge in [-0.1, -0.05) is 78.9 Å². The van der Waals surface area contributed by atoms with Crippen LogP contribution in [0.3, 0.4) is 0 Å². The number of nitrogens with zero attached hydrogens (tertiary/aromatic N) is 12. The lowest BCUT2D eigenvalue weighted by Gasteiger charge is -2.21. The van der Waals surface area contributed by atoms with Crippen molar-refractivity contribution >= 4 is 43.6 Å². The Kier molecular flexibility index (Phi) is 12.9. The molecule has 0 atom stereocenters. The Bertz CT molecular complexity index is 5230. The molecule has 0 aliphatic carbocycles. The van der Waals surface area contributed by atoms with Crippen molar-refractivity contribution < 1.29 is 13.2 Å². The first kappa shape index (κ1) is 53.1. The van der Waals surface area contributed by atoms with Crippen LogP contribution in [0, 0.1) is 113 Å². The van der Waals surface area contributed by atoms with Gasteiger partial charge in [0, 0.05) is 27.1 Å². The smallest absolute Gasteiger partial charge is 0.308 e. The maximum absolute atomic E-state index is 15.1. The summed E-state index contributed by atoms with van der Waals surface area (Å²) < 4.78 is 48.8. The van der Waals surface area contributed by atoms with Crippen LogP contribution >= 0.6 is 0 Å². The van der Waals surface area contributed by atoms with Crippen LogP contribution < -0.4 is 0 Å². The molecule has 12 nitrogen and oxygen atoms in total. The molecular formula is C71H29F3N12. The van der Waals surface area contributed by atoms with Crippen molar-refractivity contribution in [3.8, 4) is 128 Å². The van der Waals surface area contributed by atoms with E-state index in [0.717, 1.165) is 12.1 Å². The van der Waals surface area contributed by atoms with Crippen molar-refractivity contribution in [2.24, 2.45) is 0 Å². The Morgan fingerprint density at radius 3 is 0.930 bits per heavy atom. The molecule has 0 fully saturated rings. The molecule has 12 rings (SSSR count). The average molecular weight is 1110 g/mol. The molecule has 0 saturated heterocycles.